The van der Waals surface area contributed by atoms with E-state index in [0.29, 0.717) is 0 Å². The molecule has 108 valence electrons. The van der Waals surface area contributed by atoms with Crippen LogP contribution in [0.4, 0.5) is 0 Å². The van der Waals surface area contributed by atoms with Gasteiger partial charge < -0.3 is 10.2 Å². The molecule has 0 aliphatic heterocycles. The monoisotopic (exact) mass is 254 g/mol. The third-order valence-corrected chi connectivity index (χ3v) is 4.39. The van der Waals surface area contributed by atoms with Crippen LogP contribution in [0.5, 0.6) is 0 Å². The van der Waals surface area contributed by atoms with Crippen molar-refractivity contribution in [2.24, 2.45) is 5.92 Å². The van der Waals surface area contributed by atoms with Crippen LogP contribution in [-0.2, 0) is 0 Å². The lowest BCUT2D eigenvalue weighted by Crippen LogP contribution is -2.34. The molecule has 0 saturated heterocycles. The fourth-order valence-electron chi connectivity index (χ4n) is 2.78. The van der Waals surface area contributed by atoms with E-state index in [4.69, 9.17) is 0 Å². The van der Waals surface area contributed by atoms with E-state index in [9.17, 15) is 0 Å². The highest BCUT2D eigenvalue weighted by molar-refractivity contribution is 4.74. The minimum atomic E-state index is 0.743. The molecule has 1 aliphatic carbocycles. The number of nitrogens with zero attached hydrogens (tertiary/aromatic N) is 1. The molecule has 1 saturated carbocycles. The molecule has 0 amide bonds. The Balaban J connectivity index is 2.08. The molecular weight excluding hydrogens is 220 g/mol. The predicted molar refractivity (Wildman–Crippen MR) is 81.1 cm³/mol. The summed E-state index contributed by atoms with van der Waals surface area (Å²) in [6.45, 7) is 11.9. The van der Waals surface area contributed by atoms with E-state index in [1.54, 1.807) is 0 Å². The maximum atomic E-state index is 3.66. The first-order chi connectivity index (χ1) is 8.80. The molecule has 0 heterocycles. The first-order valence-corrected chi connectivity index (χ1v) is 8.25. The highest BCUT2D eigenvalue weighted by Gasteiger charge is 2.19. The Bertz CT molecular complexity index is 190. The Hall–Kier alpha value is -0.0800. The Morgan fingerprint density at radius 2 is 2.00 bits per heavy atom. The first-order valence-electron chi connectivity index (χ1n) is 8.25. The molecule has 0 aromatic heterocycles. The average Bonchev–Trinajstić information content (AvgIpc) is 2.35. The molecule has 1 atom stereocenters. The molecule has 1 unspecified atom stereocenters. The maximum absolute atomic E-state index is 3.66. The summed E-state index contributed by atoms with van der Waals surface area (Å²) in [4.78, 5) is 2.66. The number of hydrogen-bond acceptors (Lipinski definition) is 2. The molecule has 0 spiro atoms. The van der Waals surface area contributed by atoms with Gasteiger partial charge >= 0.3 is 0 Å². The van der Waals surface area contributed by atoms with Crippen molar-refractivity contribution in [1.82, 2.24) is 10.2 Å². The van der Waals surface area contributed by atoms with Crippen molar-refractivity contribution < 1.29 is 0 Å². The smallest absolute Gasteiger partial charge is 0.00649 e. The lowest BCUT2D eigenvalue weighted by atomic mass is 9.85. The van der Waals surface area contributed by atoms with Gasteiger partial charge in [0.1, 0.15) is 0 Å². The van der Waals surface area contributed by atoms with Gasteiger partial charge in [0.2, 0.25) is 0 Å². The highest BCUT2D eigenvalue weighted by atomic mass is 15.1. The largest absolute Gasteiger partial charge is 0.314 e. The van der Waals surface area contributed by atoms with Gasteiger partial charge in [0.05, 0.1) is 0 Å². The molecule has 2 nitrogen and oxygen atoms in total. The van der Waals surface area contributed by atoms with E-state index in [0.717, 1.165) is 12.0 Å². The van der Waals surface area contributed by atoms with Crippen LogP contribution in [0, 0.1) is 5.92 Å². The van der Waals surface area contributed by atoms with Gasteiger partial charge in [-0.15, -0.1) is 0 Å². The molecule has 0 radical (unpaired) electrons. The van der Waals surface area contributed by atoms with Crippen molar-refractivity contribution in [2.45, 2.75) is 71.8 Å². The molecular formula is C16H34N2. The minimum absolute atomic E-state index is 0.743. The lowest BCUT2D eigenvalue weighted by Gasteiger charge is -2.32. The second-order valence-corrected chi connectivity index (χ2v) is 5.89. The molecule has 0 aromatic carbocycles. The van der Waals surface area contributed by atoms with Crippen LogP contribution in [0.15, 0.2) is 0 Å². The normalized spacial score (nSPS) is 18.0. The quantitative estimate of drug-likeness (QED) is 0.605. The van der Waals surface area contributed by atoms with Gasteiger partial charge in [-0.1, -0.05) is 27.2 Å². The zero-order chi connectivity index (χ0) is 13.2. The zero-order valence-electron chi connectivity index (χ0n) is 12.9. The summed E-state index contributed by atoms with van der Waals surface area (Å²) in [6, 6.07) is 0.743. The zero-order valence-corrected chi connectivity index (χ0v) is 12.9. The Labute approximate surface area is 115 Å². The second kappa shape index (κ2) is 9.80. The van der Waals surface area contributed by atoms with Crippen LogP contribution in [0.3, 0.4) is 0 Å². The van der Waals surface area contributed by atoms with Gasteiger partial charge in [0, 0.05) is 12.6 Å². The van der Waals surface area contributed by atoms with Crippen LogP contribution < -0.4 is 5.32 Å². The van der Waals surface area contributed by atoms with Crippen LogP contribution >= 0.6 is 0 Å². The molecule has 0 aromatic rings. The van der Waals surface area contributed by atoms with Gasteiger partial charge in [-0.3, -0.25) is 0 Å². The Morgan fingerprint density at radius 3 is 2.50 bits per heavy atom. The fourth-order valence-corrected chi connectivity index (χ4v) is 2.78. The third kappa shape index (κ3) is 6.19. The summed E-state index contributed by atoms with van der Waals surface area (Å²) in [5.41, 5.74) is 0. The van der Waals surface area contributed by atoms with E-state index in [1.807, 2.05) is 0 Å². The van der Waals surface area contributed by atoms with E-state index < -0.39 is 0 Å². The van der Waals surface area contributed by atoms with E-state index >= 15 is 0 Å². The first kappa shape index (κ1) is 16.0. The molecule has 1 fully saturated rings. The summed E-state index contributed by atoms with van der Waals surface area (Å²) >= 11 is 0. The van der Waals surface area contributed by atoms with Crippen LogP contribution in [0.1, 0.15) is 65.7 Å². The van der Waals surface area contributed by atoms with Gasteiger partial charge in [0.25, 0.3) is 0 Å². The van der Waals surface area contributed by atoms with Gasteiger partial charge in [0.15, 0.2) is 0 Å². The van der Waals surface area contributed by atoms with Crippen LogP contribution in [-0.4, -0.2) is 37.1 Å². The highest BCUT2D eigenvalue weighted by Crippen LogP contribution is 2.27. The topological polar surface area (TPSA) is 15.3 Å². The van der Waals surface area contributed by atoms with E-state index in [2.05, 4.69) is 31.0 Å². The Morgan fingerprint density at radius 1 is 1.22 bits per heavy atom. The summed E-state index contributed by atoms with van der Waals surface area (Å²) in [7, 11) is 0. The van der Waals surface area contributed by atoms with Crippen molar-refractivity contribution in [3.8, 4) is 0 Å². The molecule has 1 rings (SSSR count). The number of hydrogen-bond donors (Lipinski definition) is 1. The predicted octanol–water partition coefficient (Wildman–Crippen LogP) is 3.67. The fraction of sp³-hybridized carbons (Fsp3) is 1.00. The van der Waals surface area contributed by atoms with Crippen molar-refractivity contribution >= 4 is 0 Å². The summed E-state index contributed by atoms with van der Waals surface area (Å²) in [5.74, 6) is 1.02. The van der Waals surface area contributed by atoms with Crippen molar-refractivity contribution in [3.05, 3.63) is 0 Å². The van der Waals surface area contributed by atoms with Crippen LogP contribution in [0.25, 0.3) is 0 Å². The van der Waals surface area contributed by atoms with Gasteiger partial charge in [-0.25, -0.2) is 0 Å². The SMILES string of the molecule is CCCNC(CC)CCCN(CC)CC1CCC1. The Kier molecular flexibility index (Phi) is 8.70. The van der Waals surface area contributed by atoms with Crippen molar-refractivity contribution in [3.63, 3.8) is 0 Å². The van der Waals surface area contributed by atoms with Crippen molar-refractivity contribution in [2.75, 3.05) is 26.2 Å². The second-order valence-electron chi connectivity index (χ2n) is 5.89. The molecule has 2 heteroatoms. The van der Waals surface area contributed by atoms with Crippen molar-refractivity contribution in [1.29, 1.82) is 0 Å². The van der Waals surface area contributed by atoms with Crippen LogP contribution in [0.2, 0.25) is 0 Å². The average molecular weight is 254 g/mol. The molecule has 0 bridgehead atoms. The molecule has 1 N–H and O–H groups in total. The molecule has 18 heavy (non-hydrogen) atoms. The van der Waals surface area contributed by atoms with E-state index in [-0.39, 0.29) is 0 Å². The summed E-state index contributed by atoms with van der Waals surface area (Å²) in [6.07, 6.45) is 9.65. The number of nitrogens with one attached hydrogen (secondary N) is 1. The number of rotatable bonds is 11. The van der Waals surface area contributed by atoms with Gasteiger partial charge in [-0.2, -0.15) is 0 Å². The molecule has 1 aliphatic rings. The van der Waals surface area contributed by atoms with Gasteiger partial charge in [-0.05, 0) is 64.1 Å². The lowest BCUT2D eigenvalue weighted by molar-refractivity contribution is 0.180. The third-order valence-electron chi connectivity index (χ3n) is 4.39. The summed E-state index contributed by atoms with van der Waals surface area (Å²) < 4.78 is 0. The van der Waals surface area contributed by atoms with E-state index in [1.165, 1.54) is 71.1 Å². The maximum Gasteiger partial charge on any atom is 0.00649 e. The minimum Gasteiger partial charge on any atom is -0.314 e. The standard InChI is InChI=1S/C16H34N2/c1-4-12-17-16(5-2)11-8-13-18(6-3)14-15-9-7-10-15/h15-17H,4-14H2,1-3H3. The summed E-state index contributed by atoms with van der Waals surface area (Å²) in [5, 5.41) is 3.66.